The van der Waals surface area contributed by atoms with Crippen molar-refractivity contribution in [2.24, 2.45) is 5.92 Å². The number of carbonyl (C=O) groups is 2. The van der Waals surface area contributed by atoms with Gasteiger partial charge in [0.05, 0.1) is 16.4 Å². The minimum Gasteiger partial charge on any atom is -0.351 e. The molecule has 3 aromatic rings. The molecule has 1 aliphatic heterocycles. The van der Waals surface area contributed by atoms with Crippen molar-refractivity contribution in [3.63, 3.8) is 0 Å². The quantitative estimate of drug-likeness (QED) is 0.463. The molecule has 2 N–H and O–H groups in total. The zero-order valence-electron chi connectivity index (χ0n) is 19.3. The minimum absolute atomic E-state index is 0.169. The number of likely N-dealkylation sites (tertiary alicyclic amines) is 1. The van der Waals surface area contributed by atoms with E-state index in [-0.39, 0.29) is 11.8 Å². The molecule has 0 atom stereocenters. The monoisotopic (exact) mass is 476 g/mol. The van der Waals surface area contributed by atoms with Crippen LogP contribution in [0.5, 0.6) is 0 Å². The lowest BCUT2D eigenvalue weighted by Gasteiger charge is -2.28. The average Bonchev–Trinajstić information content (AvgIpc) is 2.86. The topological polar surface area (TPSA) is 74.3 Å². The van der Waals surface area contributed by atoms with Gasteiger partial charge in [-0.05, 0) is 81.0 Å². The SMILES string of the molecule is C=CC(=O)Nc1c(Cl)ccc2ccc(-c3cccc(C(=O)NCCC4CCN(C)CC4)n3)cc12. The smallest absolute Gasteiger partial charge is 0.269 e. The van der Waals surface area contributed by atoms with Crippen molar-refractivity contribution in [1.29, 1.82) is 0 Å². The Morgan fingerprint density at radius 1 is 1.18 bits per heavy atom. The van der Waals surface area contributed by atoms with E-state index in [4.69, 9.17) is 11.6 Å². The van der Waals surface area contributed by atoms with Crippen LogP contribution in [0.1, 0.15) is 29.8 Å². The Hall–Kier alpha value is -3.22. The number of halogens is 1. The van der Waals surface area contributed by atoms with Crippen LogP contribution < -0.4 is 10.6 Å². The predicted octanol–water partition coefficient (Wildman–Crippen LogP) is 5.14. The number of piperidine rings is 1. The van der Waals surface area contributed by atoms with Crippen LogP contribution in [0.4, 0.5) is 5.69 Å². The van der Waals surface area contributed by atoms with Gasteiger partial charge < -0.3 is 15.5 Å². The summed E-state index contributed by atoms with van der Waals surface area (Å²) in [6, 6.07) is 14.9. The summed E-state index contributed by atoms with van der Waals surface area (Å²) in [6.45, 7) is 6.40. The van der Waals surface area contributed by atoms with Crippen LogP contribution in [0.2, 0.25) is 5.02 Å². The van der Waals surface area contributed by atoms with E-state index in [0.29, 0.717) is 34.6 Å². The van der Waals surface area contributed by atoms with E-state index in [0.717, 1.165) is 35.8 Å². The number of nitrogens with zero attached hydrogens (tertiary/aromatic N) is 2. The summed E-state index contributed by atoms with van der Waals surface area (Å²) in [5.41, 5.74) is 2.40. The molecule has 2 amide bonds. The molecule has 176 valence electrons. The number of anilines is 1. The summed E-state index contributed by atoms with van der Waals surface area (Å²) in [6.07, 6.45) is 4.56. The number of rotatable bonds is 7. The standard InChI is InChI=1S/C27H29ClN4O2/c1-3-25(33)31-26-21-17-20(8-7-19(21)9-10-22(26)28)23-5-4-6-24(30-23)27(34)29-14-11-18-12-15-32(2)16-13-18/h3-10,17-18H,1,11-16H2,2H3,(H,29,34)(H,31,33). The van der Waals surface area contributed by atoms with E-state index < -0.39 is 0 Å². The van der Waals surface area contributed by atoms with Gasteiger partial charge in [-0.3, -0.25) is 9.59 Å². The first kappa shape index (κ1) is 23.9. The van der Waals surface area contributed by atoms with Gasteiger partial charge in [0, 0.05) is 17.5 Å². The number of amides is 2. The molecule has 0 unspecified atom stereocenters. The second kappa shape index (κ2) is 10.8. The van der Waals surface area contributed by atoms with Crippen LogP contribution in [-0.4, -0.2) is 48.4 Å². The molecule has 1 saturated heterocycles. The van der Waals surface area contributed by atoms with E-state index in [2.05, 4.69) is 34.1 Å². The van der Waals surface area contributed by atoms with Crippen molar-refractivity contribution < 1.29 is 9.59 Å². The Bertz CT molecular complexity index is 1220. The Labute approximate surface area is 205 Å². The molecule has 0 aliphatic carbocycles. The van der Waals surface area contributed by atoms with Crippen molar-refractivity contribution in [2.75, 3.05) is 32.0 Å². The lowest BCUT2D eigenvalue weighted by molar-refractivity contribution is -0.111. The van der Waals surface area contributed by atoms with E-state index in [9.17, 15) is 9.59 Å². The van der Waals surface area contributed by atoms with Gasteiger partial charge in [0.1, 0.15) is 5.69 Å². The van der Waals surface area contributed by atoms with Crippen molar-refractivity contribution in [1.82, 2.24) is 15.2 Å². The number of hydrogen-bond donors (Lipinski definition) is 2. The first-order valence-electron chi connectivity index (χ1n) is 11.5. The predicted molar refractivity (Wildman–Crippen MR) is 138 cm³/mol. The van der Waals surface area contributed by atoms with Gasteiger partial charge in [0.25, 0.3) is 5.91 Å². The zero-order chi connectivity index (χ0) is 24.1. The highest BCUT2D eigenvalue weighted by Gasteiger charge is 2.17. The van der Waals surface area contributed by atoms with Crippen molar-refractivity contribution in [2.45, 2.75) is 19.3 Å². The minimum atomic E-state index is -0.336. The fourth-order valence-corrected chi connectivity index (χ4v) is 4.52. The molecular weight excluding hydrogens is 448 g/mol. The second-order valence-corrected chi connectivity index (χ2v) is 9.16. The molecule has 0 bridgehead atoms. The normalized spacial score (nSPS) is 14.6. The third-order valence-corrected chi connectivity index (χ3v) is 6.67. The zero-order valence-corrected chi connectivity index (χ0v) is 20.1. The van der Waals surface area contributed by atoms with Crippen molar-refractivity contribution in [3.8, 4) is 11.3 Å². The molecule has 6 nitrogen and oxygen atoms in total. The maximum Gasteiger partial charge on any atom is 0.269 e. The largest absolute Gasteiger partial charge is 0.351 e. The number of pyridine rings is 1. The first-order chi connectivity index (χ1) is 16.4. The molecule has 1 aromatic heterocycles. The van der Waals surface area contributed by atoms with Gasteiger partial charge in [0.2, 0.25) is 5.91 Å². The Morgan fingerprint density at radius 3 is 2.71 bits per heavy atom. The lowest BCUT2D eigenvalue weighted by Crippen LogP contribution is -2.32. The number of fused-ring (bicyclic) bond motifs is 1. The second-order valence-electron chi connectivity index (χ2n) is 8.75. The fourth-order valence-electron chi connectivity index (χ4n) is 4.31. The molecule has 7 heteroatoms. The third kappa shape index (κ3) is 5.64. The molecule has 0 spiro atoms. The molecule has 1 aliphatic rings. The number of aromatic nitrogens is 1. The van der Waals surface area contributed by atoms with Crippen LogP contribution >= 0.6 is 11.6 Å². The van der Waals surface area contributed by atoms with E-state index in [1.807, 2.05) is 36.4 Å². The summed E-state index contributed by atoms with van der Waals surface area (Å²) < 4.78 is 0. The number of benzene rings is 2. The third-order valence-electron chi connectivity index (χ3n) is 6.36. The highest BCUT2D eigenvalue weighted by Crippen LogP contribution is 2.34. The molecule has 2 aromatic carbocycles. The molecule has 2 heterocycles. The number of hydrogen-bond acceptors (Lipinski definition) is 4. The average molecular weight is 477 g/mol. The molecule has 4 rings (SSSR count). The van der Waals surface area contributed by atoms with E-state index in [1.165, 1.54) is 18.9 Å². The van der Waals surface area contributed by atoms with Crippen LogP contribution in [0.3, 0.4) is 0 Å². The summed E-state index contributed by atoms with van der Waals surface area (Å²) in [4.78, 5) is 31.6. The van der Waals surface area contributed by atoms with Gasteiger partial charge in [-0.2, -0.15) is 0 Å². The molecule has 0 radical (unpaired) electrons. The van der Waals surface area contributed by atoms with Crippen LogP contribution in [0.25, 0.3) is 22.0 Å². The highest BCUT2D eigenvalue weighted by molar-refractivity contribution is 6.35. The summed E-state index contributed by atoms with van der Waals surface area (Å²) in [5.74, 6) is 0.158. The Morgan fingerprint density at radius 2 is 1.94 bits per heavy atom. The molecule has 34 heavy (non-hydrogen) atoms. The number of nitrogens with one attached hydrogen (secondary N) is 2. The van der Waals surface area contributed by atoms with Crippen LogP contribution in [0, 0.1) is 5.92 Å². The van der Waals surface area contributed by atoms with Gasteiger partial charge in [0.15, 0.2) is 0 Å². The van der Waals surface area contributed by atoms with Gasteiger partial charge in [-0.25, -0.2) is 4.98 Å². The molecule has 1 fully saturated rings. The summed E-state index contributed by atoms with van der Waals surface area (Å²) in [5, 5.41) is 7.96. The van der Waals surface area contributed by atoms with Crippen molar-refractivity contribution >= 4 is 39.9 Å². The van der Waals surface area contributed by atoms with Gasteiger partial charge in [-0.1, -0.05) is 42.4 Å². The lowest BCUT2D eigenvalue weighted by atomic mass is 9.94. The van der Waals surface area contributed by atoms with Crippen LogP contribution in [-0.2, 0) is 4.79 Å². The Kier molecular flexibility index (Phi) is 7.60. The Balaban J connectivity index is 1.50. The highest BCUT2D eigenvalue weighted by atomic mass is 35.5. The first-order valence-corrected chi connectivity index (χ1v) is 11.9. The van der Waals surface area contributed by atoms with E-state index >= 15 is 0 Å². The van der Waals surface area contributed by atoms with E-state index in [1.54, 1.807) is 12.1 Å². The summed E-state index contributed by atoms with van der Waals surface area (Å²) in [7, 11) is 2.15. The fraction of sp³-hybridized carbons (Fsp3) is 0.296. The van der Waals surface area contributed by atoms with Gasteiger partial charge >= 0.3 is 0 Å². The molecule has 0 saturated carbocycles. The van der Waals surface area contributed by atoms with Crippen LogP contribution in [0.15, 0.2) is 61.2 Å². The number of carbonyl (C=O) groups excluding carboxylic acids is 2. The molecular formula is C27H29ClN4O2. The maximum absolute atomic E-state index is 12.7. The van der Waals surface area contributed by atoms with Crippen molar-refractivity contribution in [3.05, 3.63) is 71.9 Å². The summed E-state index contributed by atoms with van der Waals surface area (Å²) >= 11 is 6.36. The maximum atomic E-state index is 12.7. The van der Waals surface area contributed by atoms with Gasteiger partial charge in [-0.15, -0.1) is 0 Å².